The first-order chi connectivity index (χ1) is 6.52. The van der Waals surface area contributed by atoms with Gasteiger partial charge >= 0.3 is 5.97 Å². The first-order valence-electron chi connectivity index (χ1n) is 4.92. The minimum absolute atomic E-state index is 0.239. The van der Waals surface area contributed by atoms with Crippen LogP contribution in [-0.2, 0) is 0 Å². The van der Waals surface area contributed by atoms with E-state index in [-0.39, 0.29) is 5.41 Å². The summed E-state index contributed by atoms with van der Waals surface area (Å²) in [5.41, 5.74) is 0.645. The molecule has 0 radical (unpaired) electrons. The van der Waals surface area contributed by atoms with E-state index >= 15 is 0 Å². The second-order valence-corrected chi connectivity index (χ2v) is 4.65. The zero-order valence-corrected chi connectivity index (χ0v) is 8.53. The Morgan fingerprint density at radius 2 is 2.36 bits per heavy atom. The van der Waals surface area contributed by atoms with Crippen LogP contribution in [0.15, 0.2) is 18.3 Å². The van der Waals surface area contributed by atoms with Gasteiger partial charge in [-0.05, 0) is 30.4 Å². The van der Waals surface area contributed by atoms with Crippen molar-refractivity contribution in [2.45, 2.75) is 32.7 Å². The van der Waals surface area contributed by atoms with Crippen LogP contribution in [0.5, 0.6) is 0 Å². The van der Waals surface area contributed by atoms with Gasteiger partial charge in [0.05, 0.1) is 0 Å². The maximum absolute atomic E-state index is 10.9. The van der Waals surface area contributed by atoms with Gasteiger partial charge in [-0.1, -0.05) is 13.8 Å². The maximum Gasteiger partial charge on any atom is 0.352 e. The topological polar surface area (TPSA) is 42.2 Å². The lowest BCUT2D eigenvalue weighted by Gasteiger charge is -2.45. The van der Waals surface area contributed by atoms with Crippen LogP contribution in [0.2, 0.25) is 0 Å². The molecule has 0 bridgehead atoms. The van der Waals surface area contributed by atoms with Crippen LogP contribution in [0.1, 0.15) is 43.2 Å². The molecular weight excluding hydrogens is 178 g/mol. The number of hydrogen-bond donors (Lipinski definition) is 1. The second-order valence-electron chi connectivity index (χ2n) is 4.65. The van der Waals surface area contributed by atoms with Crippen molar-refractivity contribution in [3.8, 4) is 0 Å². The second kappa shape index (κ2) is 2.87. The molecule has 0 aromatic carbocycles. The molecule has 14 heavy (non-hydrogen) atoms. The van der Waals surface area contributed by atoms with Gasteiger partial charge < -0.3 is 9.67 Å². The molecule has 1 heterocycles. The van der Waals surface area contributed by atoms with Crippen LogP contribution in [-0.4, -0.2) is 15.6 Å². The first-order valence-corrected chi connectivity index (χ1v) is 4.92. The third-order valence-corrected chi connectivity index (χ3v) is 3.30. The smallest absolute Gasteiger partial charge is 0.352 e. The Balaban J connectivity index is 2.33. The highest BCUT2D eigenvalue weighted by molar-refractivity contribution is 5.85. The fourth-order valence-electron chi connectivity index (χ4n) is 2.21. The van der Waals surface area contributed by atoms with E-state index in [1.165, 1.54) is 6.42 Å². The zero-order chi connectivity index (χ0) is 10.3. The summed E-state index contributed by atoms with van der Waals surface area (Å²) in [6.45, 7) is 4.37. The molecule has 1 saturated carbocycles. The molecule has 0 aliphatic heterocycles. The molecule has 1 aromatic heterocycles. The van der Waals surface area contributed by atoms with E-state index in [1.54, 1.807) is 12.1 Å². The zero-order valence-electron chi connectivity index (χ0n) is 8.53. The van der Waals surface area contributed by atoms with Gasteiger partial charge in [0, 0.05) is 12.2 Å². The van der Waals surface area contributed by atoms with Crippen LogP contribution in [0.25, 0.3) is 0 Å². The van der Waals surface area contributed by atoms with Crippen LogP contribution < -0.4 is 0 Å². The van der Waals surface area contributed by atoms with E-state index < -0.39 is 5.97 Å². The summed E-state index contributed by atoms with van der Waals surface area (Å²) in [5, 5.41) is 8.97. The Hall–Kier alpha value is -1.25. The fourth-order valence-corrected chi connectivity index (χ4v) is 2.21. The SMILES string of the molecule is CC1(C)CCC1n1cccc1C(=O)O. The molecule has 0 amide bonds. The molecule has 1 aromatic rings. The van der Waals surface area contributed by atoms with Gasteiger partial charge in [0.15, 0.2) is 0 Å². The van der Waals surface area contributed by atoms with Crippen LogP contribution in [0.3, 0.4) is 0 Å². The lowest BCUT2D eigenvalue weighted by molar-refractivity contribution is 0.0603. The summed E-state index contributed by atoms with van der Waals surface area (Å²) >= 11 is 0. The van der Waals surface area contributed by atoms with Gasteiger partial charge in [0.1, 0.15) is 5.69 Å². The molecule has 1 fully saturated rings. The van der Waals surface area contributed by atoms with Crippen LogP contribution in [0, 0.1) is 5.41 Å². The quantitative estimate of drug-likeness (QED) is 0.784. The molecule has 76 valence electrons. The van der Waals surface area contributed by atoms with E-state index in [0.717, 1.165) is 6.42 Å². The number of aromatic carboxylic acids is 1. The van der Waals surface area contributed by atoms with E-state index in [4.69, 9.17) is 5.11 Å². The Kier molecular flexibility index (Phi) is 1.91. The number of carboxylic acids is 1. The number of carbonyl (C=O) groups is 1. The van der Waals surface area contributed by atoms with Crippen molar-refractivity contribution in [1.82, 2.24) is 4.57 Å². The highest BCUT2D eigenvalue weighted by Gasteiger charge is 2.40. The summed E-state index contributed by atoms with van der Waals surface area (Å²) in [7, 11) is 0. The Bertz CT molecular complexity index is 365. The monoisotopic (exact) mass is 193 g/mol. The van der Waals surface area contributed by atoms with Gasteiger partial charge in [-0.25, -0.2) is 4.79 Å². The van der Waals surface area contributed by atoms with Gasteiger partial charge in [-0.3, -0.25) is 0 Å². The van der Waals surface area contributed by atoms with Crippen molar-refractivity contribution in [3.63, 3.8) is 0 Å². The lowest BCUT2D eigenvalue weighted by Crippen LogP contribution is -2.37. The molecule has 1 unspecified atom stereocenters. The predicted molar refractivity (Wildman–Crippen MR) is 53.4 cm³/mol. The van der Waals surface area contributed by atoms with Gasteiger partial charge in [0.2, 0.25) is 0 Å². The summed E-state index contributed by atoms with van der Waals surface area (Å²) in [4.78, 5) is 10.9. The molecule has 3 nitrogen and oxygen atoms in total. The van der Waals surface area contributed by atoms with Crippen molar-refractivity contribution in [1.29, 1.82) is 0 Å². The molecule has 1 atom stereocenters. The number of carboxylic acid groups (broad SMARTS) is 1. The molecule has 0 spiro atoms. The minimum Gasteiger partial charge on any atom is -0.477 e. The Morgan fingerprint density at radius 1 is 1.64 bits per heavy atom. The predicted octanol–water partition coefficient (Wildman–Crippen LogP) is 2.55. The third kappa shape index (κ3) is 1.24. The lowest BCUT2D eigenvalue weighted by atomic mass is 9.67. The molecule has 0 saturated heterocycles. The van der Waals surface area contributed by atoms with E-state index in [0.29, 0.717) is 11.7 Å². The summed E-state index contributed by atoms with van der Waals surface area (Å²) < 4.78 is 1.89. The molecule has 1 aliphatic carbocycles. The standard InChI is InChI=1S/C11H15NO2/c1-11(2)6-5-9(11)12-7-3-4-8(12)10(13)14/h3-4,7,9H,5-6H2,1-2H3,(H,13,14). The summed E-state index contributed by atoms with van der Waals surface area (Å²) in [6, 6.07) is 3.82. The van der Waals surface area contributed by atoms with E-state index in [9.17, 15) is 4.79 Å². The molecule has 2 rings (SSSR count). The maximum atomic E-state index is 10.9. The highest BCUT2D eigenvalue weighted by Crippen LogP contribution is 2.49. The van der Waals surface area contributed by atoms with Gasteiger partial charge in [0.25, 0.3) is 0 Å². The van der Waals surface area contributed by atoms with Crippen molar-refractivity contribution in [3.05, 3.63) is 24.0 Å². The average molecular weight is 193 g/mol. The number of aromatic nitrogens is 1. The fraction of sp³-hybridized carbons (Fsp3) is 0.545. The van der Waals surface area contributed by atoms with Crippen molar-refractivity contribution >= 4 is 5.97 Å². The number of rotatable bonds is 2. The molecular formula is C11H15NO2. The average Bonchev–Trinajstić information content (AvgIpc) is 2.51. The highest BCUT2D eigenvalue weighted by atomic mass is 16.4. The first kappa shape index (κ1) is 9.31. The van der Waals surface area contributed by atoms with Crippen LogP contribution in [0.4, 0.5) is 0 Å². The van der Waals surface area contributed by atoms with Crippen LogP contribution >= 0.6 is 0 Å². The molecule has 1 aliphatic rings. The molecule has 1 N–H and O–H groups in total. The van der Waals surface area contributed by atoms with E-state index in [2.05, 4.69) is 13.8 Å². The molecule has 3 heteroatoms. The number of hydrogen-bond acceptors (Lipinski definition) is 1. The van der Waals surface area contributed by atoms with Crippen molar-refractivity contribution in [2.75, 3.05) is 0 Å². The van der Waals surface area contributed by atoms with Gasteiger partial charge in [-0.2, -0.15) is 0 Å². The summed E-state index contributed by atoms with van der Waals surface area (Å²) in [6.07, 6.45) is 4.13. The van der Waals surface area contributed by atoms with Gasteiger partial charge in [-0.15, -0.1) is 0 Å². The third-order valence-electron chi connectivity index (χ3n) is 3.30. The normalized spacial score (nSPS) is 24.3. The Labute approximate surface area is 83.4 Å². The Morgan fingerprint density at radius 3 is 2.79 bits per heavy atom. The number of nitrogens with zero attached hydrogens (tertiary/aromatic N) is 1. The summed E-state index contributed by atoms with van der Waals surface area (Å²) in [5.74, 6) is -0.835. The van der Waals surface area contributed by atoms with E-state index in [1.807, 2.05) is 10.8 Å². The van der Waals surface area contributed by atoms with Crippen molar-refractivity contribution in [2.24, 2.45) is 5.41 Å². The minimum atomic E-state index is -0.835. The largest absolute Gasteiger partial charge is 0.477 e. The van der Waals surface area contributed by atoms with Crippen molar-refractivity contribution < 1.29 is 9.90 Å².